The van der Waals surface area contributed by atoms with Gasteiger partial charge in [-0.15, -0.1) is 0 Å². The fraction of sp³-hybridized carbons (Fsp3) is 0.231. The fourth-order valence-electron chi connectivity index (χ4n) is 1.50. The summed E-state index contributed by atoms with van der Waals surface area (Å²) >= 11 is 0. The zero-order chi connectivity index (χ0) is 11.4. The van der Waals surface area contributed by atoms with Crippen LogP contribution in [0.4, 0.5) is 0 Å². The lowest BCUT2D eigenvalue weighted by atomic mass is 10.0. The SMILES string of the molecule is NC1(N)C=CC(OCc2ccccc2)=CC1. The van der Waals surface area contributed by atoms with Crippen molar-refractivity contribution in [3.63, 3.8) is 0 Å². The minimum absolute atomic E-state index is 0.569. The first-order valence-corrected chi connectivity index (χ1v) is 5.30. The average molecular weight is 216 g/mol. The van der Waals surface area contributed by atoms with Crippen LogP contribution in [0, 0.1) is 0 Å². The van der Waals surface area contributed by atoms with E-state index in [1.54, 1.807) is 6.08 Å². The third-order valence-corrected chi connectivity index (χ3v) is 2.46. The Labute approximate surface area is 95.4 Å². The number of benzene rings is 1. The Morgan fingerprint density at radius 2 is 1.94 bits per heavy atom. The molecule has 3 heteroatoms. The van der Waals surface area contributed by atoms with Gasteiger partial charge in [-0.25, -0.2) is 0 Å². The molecule has 0 heterocycles. The van der Waals surface area contributed by atoms with Crippen molar-refractivity contribution in [1.82, 2.24) is 0 Å². The second kappa shape index (κ2) is 4.51. The Bertz CT molecular complexity index is 407. The molecule has 0 fully saturated rings. The third kappa shape index (κ3) is 2.95. The van der Waals surface area contributed by atoms with Crippen LogP contribution in [0.1, 0.15) is 12.0 Å². The Morgan fingerprint density at radius 3 is 2.56 bits per heavy atom. The van der Waals surface area contributed by atoms with Crippen molar-refractivity contribution in [1.29, 1.82) is 0 Å². The summed E-state index contributed by atoms with van der Waals surface area (Å²) in [6, 6.07) is 10.0. The summed E-state index contributed by atoms with van der Waals surface area (Å²) in [4.78, 5) is 0. The molecule has 1 aliphatic rings. The average Bonchev–Trinajstić information content (AvgIpc) is 2.29. The molecule has 4 N–H and O–H groups in total. The Kier molecular flexibility index (Phi) is 3.08. The predicted octanol–water partition coefficient (Wildman–Crippen LogP) is 1.66. The number of allylic oxidation sites excluding steroid dienone is 1. The highest BCUT2D eigenvalue weighted by molar-refractivity contribution is 5.24. The molecule has 0 aromatic heterocycles. The third-order valence-electron chi connectivity index (χ3n) is 2.46. The summed E-state index contributed by atoms with van der Waals surface area (Å²) in [6.07, 6.45) is 6.12. The molecule has 2 rings (SSSR count). The maximum atomic E-state index is 5.74. The van der Waals surface area contributed by atoms with Crippen LogP contribution < -0.4 is 11.5 Å². The summed E-state index contributed by atoms with van der Waals surface area (Å²) in [5.74, 6) is 0.829. The van der Waals surface area contributed by atoms with Gasteiger partial charge in [0.05, 0.1) is 5.66 Å². The van der Waals surface area contributed by atoms with Crippen molar-refractivity contribution >= 4 is 0 Å². The van der Waals surface area contributed by atoms with E-state index in [1.165, 1.54) is 0 Å². The number of rotatable bonds is 3. The minimum Gasteiger partial charge on any atom is -0.489 e. The Morgan fingerprint density at radius 1 is 1.19 bits per heavy atom. The molecule has 0 saturated heterocycles. The van der Waals surface area contributed by atoms with Gasteiger partial charge in [-0.3, -0.25) is 0 Å². The Hall–Kier alpha value is -1.58. The summed E-state index contributed by atoms with van der Waals surface area (Å²) in [7, 11) is 0. The molecule has 0 unspecified atom stereocenters. The fourth-order valence-corrected chi connectivity index (χ4v) is 1.50. The molecule has 1 aliphatic carbocycles. The van der Waals surface area contributed by atoms with E-state index in [1.807, 2.05) is 42.5 Å². The predicted molar refractivity (Wildman–Crippen MR) is 64.2 cm³/mol. The van der Waals surface area contributed by atoms with Crippen LogP contribution in [-0.2, 0) is 11.3 Å². The zero-order valence-corrected chi connectivity index (χ0v) is 9.10. The van der Waals surface area contributed by atoms with E-state index < -0.39 is 5.66 Å². The van der Waals surface area contributed by atoms with Crippen LogP contribution in [0.2, 0.25) is 0 Å². The molecule has 0 spiro atoms. The molecule has 1 aromatic carbocycles. The largest absolute Gasteiger partial charge is 0.489 e. The summed E-state index contributed by atoms with van der Waals surface area (Å²) < 4.78 is 5.63. The number of nitrogens with two attached hydrogens (primary N) is 2. The number of ether oxygens (including phenoxy) is 1. The van der Waals surface area contributed by atoms with Crippen molar-refractivity contribution in [3.05, 3.63) is 59.9 Å². The van der Waals surface area contributed by atoms with Crippen LogP contribution in [0.25, 0.3) is 0 Å². The van der Waals surface area contributed by atoms with Crippen molar-refractivity contribution in [3.8, 4) is 0 Å². The molecule has 0 bridgehead atoms. The molecule has 0 aliphatic heterocycles. The first kappa shape index (κ1) is 10.9. The topological polar surface area (TPSA) is 61.3 Å². The van der Waals surface area contributed by atoms with Gasteiger partial charge >= 0.3 is 0 Å². The van der Waals surface area contributed by atoms with E-state index in [-0.39, 0.29) is 0 Å². The van der Waals surface area contributed by atoms with Crippen molar-refractivity contribution in [2.75, 3.05) is 0 Å². The van der Waals surface area contributed by atoms with E-state index >= 15 is 0 Å². The van der Waals surface area contributed by atoms with Gasteiger partial charge in [-0.05, 0) is 23.8 Å². The highest BCUT2D eigenvalue weighted by Gasteiger charge is 2.17. The summed E-state index contributed by atoms with van der Waals surface area (Å²) in [5.41, 5.74) is 11.9. The first-order chi connectivity index (χ1) is 7.66. The molecular formula is C13H16N2O. The van der Waals surface area contributed by atoms with Crippen molar-refractivity contribution in [2.45, 2.75) is 18.7 Å². The van der Waals surface area contributed by atoms with Crippen LogP contribution >= 0.6 is 0 Å². The van der Waals surface area contributed by atoms with Crippen molar-refractivity contribution < 1.29 is 4.74 Å². The lowest BCUT2D eigenvalue weighted by Gasteiger charge is -2.22. The van der Waals surface area contributed by atoms with E-state index in [0.29, 0.717) is 13.0 Å². The summed E-state index contributed by atoms with van der Waals surface area (Å²) in [5, 5.41) is 0. The zero-order valence-electron chi connectivity index (χ0n) is 9.10. The first-order valence-electron chi connectivity index (χ1n) is 5.30. The highest BCUT2D eigenvalue weighted by atomic mass is 16.5. The molecule has 0 radical (unpaired) electrons. The smallest absolute Gasteiger partial charge is 0.115 e. The summed E-state index contributed by atoms with van der Waals surface area (Å²) in [6.45, 7) is 0.569. The van der Waals surface area contributed by atoms with Crippen LogP contribution in [-0.4, -0.2) is 5.66 Å². The highest BCUT2D eigenvalue weighted by Crippen LogP contribution is 2.16. The molecule has 16 heavy (non-hydrogen) atoms. The Balaban J connectivity index is 1.89. The number of hydrogen-bond acceptors (Lipinski definition) is 3. The van der Waals surface area contributed by atoms with Gasteiger partial charge in [0.1, 0.15) is 12.4 Å². The van der Waals surface area contributed by atoms with Gasteiger partial charge in [0, 0.05) is 6.42 Å². The van der Waals surface area contributed by atoms with E-state index in [0.717, 1.165) is 11.3 Å². The van der Waals surface area contributed by atoms with Gasteiger partial charge in [-0.2, -0.15) is 0 Å². The van der Waals surface area contributed by atoms with E-state index in [4.69, 9.17) is 16.2 Å². The van der Waals surface area contributed by atoms with Gasteiger partial charge < -0.3 is 16.2 Å². The second-order valence-electron chi connectivity index (χ2n) is 4.03. The van der Waals surface area contributed by atoms with Crippen LogP contribution in [0.3, 0.4) is 0 Å². The molecule has 0 atom stereocenters. The van der Waals surface area contributed by atoms with Crippen LogP contribution in [0.15, 0.2) is 54.3 Å². The van der Waals surface area contributed by atoms with Gasteiger partial charge in [0.25, 0.3) is 0 Å². The van der Waals surface area contributed by atoms with Crippen molar-refractivity contribution in [2.24, 2.45) is 11.5 Å². The number of hydrogen-bond donors (Lipinski definition) is 2. The van der Waals surface area contributed by atoms with Crippen LogP contribution in [0.5, 0.6) is 0 Å². The lowest BCUT2D eigenvalue weighted by molar-refractivity contribution is 0.207. The quantitative estimate of drug-likeness (QED) is 0.755. The van der Waals surface area contributed by atoms with E-state index in [2.05, 4.69) is 0 Å². The monoisotopic (exact) mass is 216 g/mol. The maximum absolute atomic E-state index is 5.74. The molecule has 84 valence electrons. The van der Waals surface area contributed by atoms with E-state index in [9.17, 15) is 0 Å². The van der Waals surface area contributed by atoms with Gasteiger partial charge in [-0.1, -0.05) is 30.3 Å². The molecule has 0 amide bonds. The van der Waals surface area contributed by atoms with Gasteiger partial charge in [0.2, 0.25) is 0 Å². The molecule has 0 saturated carbocycles. The van der Waals surface area contributed by atoms with Gasteiger partial charge in [0.15, 0.2) is 0 Å². The molecule has 1 aromatic rings. The maximum Gasteiger partial charge on any atom is 0.115 e. The normalized spacial score (nSPS) is 18.0. The second-order valence-corrected chi connectivity index (χ2v) is 4.03. The standard InChI is InChI=1S/C13H16N2O/c14-13(15)8-6-12(7-9-13)16-10-11-4-2-1-3-5-11/h1-8H,9-10,14-15H2. The molecule has 3 nitrogen and oxygen atoms in total. The lowest BCUT2D eigenvalue weighted by Crippen LogP contribution is -2.47. The molecular weight excluding hydrogens is 200 g/mol. The minimum atomic E-state index is -0.723.